The minimum Gasteiger partial charge on any atom is -0.339 e. The first-order chi connectivity index (χ1) is 8.72. The molecule has 1 saturated heterocycles. The lowest BCUT2D eigenvalue weighted by Gasteiger charge is -2.25. The van der Waals surface area contributed by atoms with Gasteiger partial charge in [0, 0.05) is 16.5 Å². The largest absolute Gasteiger partial charge is 0.339 e. The Labute approximate surface area is 112 Å². The summed E-state index contributed by atoms with van der Waals surface area (Å²) in [6.07, 6.45) is 0.790. The second-order valence-corrected chi connectivity index (χ2v) is 5.22. The van der Waals surface area contributed by atoms with Crippen LogP contribution in [0.1, 0.15) is 5.89 Å². The van der Waals surface area contributed by atoms with Gasteiger partial charge in [0.05, 0.1) is 0 Å². The summed E-state index contributed by atoms with van der Waals surface area (Å²) in [6.45, 7) is 2.00. The fraction of sp³-hybridized carbons (Fsp3) is 0.333. The number of nitrogens with one attached hydrogen (secondary N) is 1. The molecule has 1 N–H and O–H groups in total. The van der Waals surface area contributed by atoms with Crippen LogP contribution in [0.3, 0.4) is 0 Å². The van der Waals surface area contributed by atoms with Gasteiger partial charge in [-0.25, -0.2) is 4.39 Å². The van der Waals surface area contributed by atoms with Crippen molar-refractivity contribution in [3.05, 3.63) is 34.4 Å². The van der Waals surface area contributed by atoms with Gasteiger partial charge in [-0.1, -0.05) is 5.16 Å². The molecular weight excluding hydrogens is 301 g/mol. The Hall–Kier alpha value is -1.27. The molecule has 4 nitrogen and oxygen atoms in total. The van der Waals surface area contributed by atoms with E-state index in [1.165, 1.54) is 12.1 Å². The van der Waals surface area contributed by atoms with Crippen molar-refractivity contribution in [2.45, 2.75) is 6.42 Å². The van der Waals surface area contributed by atoms with Crippen molar-refractivity contribution >= 4 is 15.9 Å². The van der Waals surface area contributed by atoms with Crippen LogP contribution in [0.2, 0.25) is 0 Å². The van der Waals surface area contributed by atoms with E-state index in [1.807, 2.05) is 0 Å². The van der Waals surface area contributed by atoms with E-state index in [1.54, 1.807) is 6.07 Å². The minimum absolute atomic E-state index is 0.296. The molecule has 1 aromatic carbocycles. The van der Waals surface area contributed by atoms with Crippen LogP contribution >= 0.6 is 15.9 Å². The first kappa shape index (κ1) is 11.8. The van der Waals surface area contributed by atoms with E-state index in [9.17, 15) is 4.39 Å². The van der Waals surface area contributed by atoms with Crippen LogP contribution in [0.4, 0.5) is 4.39 Å². The third-order valence-corrected chi connectivity index (χ3v) is 3.63. The highest BCUT2D eigenvalue weighted by Crippen LogP contribution is 2.27. The lowest BCUT2D eigenvalue weighted by Crippen LogP contribution is -2.43. The average Bonchev–Trinajstić information content (AvgIpc) is 2.72. The van der Waals surface area contributed by atoms with Gasteiger partial charge in [0.15, 0.2) is 0 Å². The lowest BCUT2D eigenvalue weighted by molar-refractivity contribution is 0.296. The molecule has 1 aromatic heterocycles. The molecule has 1 aliphatic heterocycles. The molecule has 0 unspecified atom stereocenters. The molecule has 0 saturated carbocycles. The Balaban J connectivity index is 1.83. The first-order valence-corrected chi connectivity index (χ1v) is 6.50. The van der Waals surface area contributed by atoms with Crippen molar-refractivity contribution in [2.75, 3.05) is 13.1 Å². The van der Waals surface area contributed by atoms with Crippen LogP contribution in [0.15, 0.2) is 27.2 Å². The molecular formula is C12H11BrFN3O. The van der Waals surface area contributed by atoms with Gasteiger partial charge in [0.25, 0.3) is 0 Å². The van der Waals surface area contributed by atoms with E-state index >= 15 is 0 Å². The highest BCUT2D eigenvalue weighted by atomic mass is 79.9. The molecule has 6 heteroatoms. The monoisotopic (exact) mass is 311 g/mol. The highest BCUT2D eigenvalue weighted by Gasteiger charge is 2.21. The standard InChI is InChI=1S/C12H11BrFN3O/c13-10-4-8(14)1-2-9(10)12-16-11(18-17-12)3-7-5-15-6-7/h1-2,4,7,15H,3,5-6H2. The van der Waals surface area contributed by atoms with Crippen molar-refractivity contribution in [2.24, 2.45) is 5.92 Å². The van der Waals surface area contributed by atoms with Crippen LogP contribution in [0.25, 0.3) is 11.4 Å². The lowest BCUT2D eigenvalue weighted by atomic mass is 10.00. The summed E-state index contributed by atoms with van der Waals surface area (Å²) in [4.78, 5) is 4.33. The van der Waals surface area contributed by atoms with E-state index in [0.717, 1.165) is 25.1 Å². The van der Waals surface area contributed by atoms with Gasteiger partial charge >= 0.3 is 0 Å². The smallest absolute Gasteiger partial charge is 0.227 e. The van der Waals surface area contributed by atoms with Gasteiger partial charge in [-0.2, -0.15) is 4.98 Å². The summed E-state index contributed by atoms with van der Waals surface area (Å²) >= 11 is 3.30. The van der Waals surface area contributed by atoms with E-state index < -0.39 is 0 Å². The molecule has 0 aliphatic carbocycles. The first-order valence-electron chi connectivity index (χ1n) is 5.71. The van der Waals surface area contributed by atoms with Crippen LogP contribution < -0.4 is 5.32 Å². The van der Waals surface area contributed by atoms with Gasteiger partial charge in [-0.15, -0.1) is 0 Å². The second kappa shape index (κ2) is 4.78. The number of nitrogens with zero attached hydrogens (tertiary/aromatic N) is 2. The third kappa shape index (κ3) is 2.30. The molecule has 0 amide bonds. The van der Waals surface area contributed by atoms with Crippen molar-refractivity contribution in [3.63, 3.8) is 0 Å². The van der Waals surface area contributed by atoms with E-state index in [0.29, 0.717) is 22.1 Å². The Kier molecular flexibility index (Phi) is 3.13. The van der Waals surface area contributed by atoms with Crippen molar-refractivity contribution in [1.82, 2.24) is 15.5 Å². The number of hydrogen-bond acceptors (Lipinski definition) is 4. The summed E-state index contributed by atoms with van der Waals surface area (Å²) in [7, 11) is 0. The van der Waals surface area contributed by atoms with Gasteiger partial charge in [-0.05, 0) is 53.1 Å². The summed E-state index contributed by atoms with van der Waals surface area (Å²) in [6, 6.07) is 4.41. The fourth-order valence-corrected chi connectivity index (χ4v) is 2.39. The topological polar surface area (TPSA) is 51.0 Å². The van der Waals surface area contributed by atoms with Gasteiger partial charge in [-0.3, -0.25) is 0 Å². The molecule has 18 heavy (non-hydrogen) atoms. The van der Waals surface area contributed by atoms with Crippen molar-refractivity contribution in [3.8, 4) is 11.4 Å². The summed E-state index contributed by atoms with van der Waals surface area (Å²) in [5, 5.41) is 7.13. The van der Waals surface area contributed by atoms with E-state index in [2.05, 4.69) is 31.4 Å². The van der Waals surface area contributed by atoms with Gasteiger partial charge in [0.2, 0.25) is 11.7 Å². The predicted octanol–water partition coefficient (Wildman–Crippen LogP) is 2.40. The van der Waals surface area contributed by atoms with Crippen molar-refractivity contribution in [1.29, 1.82) is 0 Å². The summed E-state index contributed by atoms with van der Waals surface area (Å²) < 4.78 is 18.8. The van der Waals surface area contributed by atoms with Gasteiger partial charge in [0.1, 0.15) is 5.82 Å². The zero-order valence-electron chi connectivity index (χ0n) is 9.49. The van der Waals surface area contributed by atoms with Gasteiger partial charge < -0.3 is 9.84 Å². The molecule has 0 bridgehead atoms. The van der Waals surface area contributed by atoms with Crippen LogP contribution in [-0.4, -0.2) is 23.2 Å². The fourth-order valence-electron chi connectivity index (χ4n) is 1.86. The maximum absolute atomic E-state index is 13.0. The normalized spacial score (nSPS) is 15.7. The molecule has 2 heterocycles. The third-order valence-electron chi connectivity index (χ3n) is 2.97. The second-order valence-electron chi connectivity index (χ2n) is 4.36. The van der Waals surface area contributed by atoms with E-state index in [-0.39, 0.29) is 5.82 Å². The summed E-state index contributed by atoms with van der Waals surface area (Å²) in [5.41, 5.74) is 0.734. The number of rotatable bonds is 3. The Morgan fingerprint density at radius 1 is 1.44 bits per heavy atom. The Morgan fingerprint density at radius 3 is 2.94 bits per heavy atom. The SMILES string of the molecule is Fc1ccc(-c2noc(CC3CNC3)n2)c(Br)c1. The zero-order valence-corrected chi connectivity index (χ0v) is 11.1. The Bertz CT molecular complexity index is 568. The van der Waals surface area contributed by atoms with E-state index in [4.69, 9.17) is 4.52 Å². The van der Waals surface area contributed by atoms with Crippen LogP contribution in [0, 0.1) is 11.7 Å². The molecule has 0 radical (unpaired) electrons. The number of aromatic nitrogens is 2. The zero-order chi connectivity index (χ0) is 12.5. The van der Waals surface area contributed by atoms with Crippen molar-refractivity contribution < 1.29 is 8.91 Å². The molecule has 94 valence electrons. The number of hydrogen-bond donors (Lipinski definition) is 1. The molecule has 0 atom stereocenters. The average molecular weight is 312 g/mol. The molecule has 1 fully saturated rings. The van der Waals surface area contributed by atoms with Crippen LogP contribution in [0.5, 0.6) is 0 Å². The molecule has 3 rings (SSSR count). The number of benzene rings is 1. The molecule has 1 aliphatic rings. The molecule has 0 spiro atoms. The molecule has 2 aromatic rings. The minimum atomic E-state index is -0.296. The van der Waals surface area contributed by atoms with Crippen LogP contribution in [-0.2, 0) is 6.42 Å². The Morgan fingerprint density at radius 2 is 2.28 bits per heavy atom. The maximum atomic E-state index is 13.0. The summed E-state index contributed by atoms with van der Waals surface area (Å²) in [5.74, 6) is 1.40. The number of halogens is 2. The maximum Gasteiger partial charge on any atom is 0.227 e. The highest BCUT2D eigenvalue weighted by molar-refractivity contribution is 9.10. The quantitative estimate of drug-likeness (QED) is 0.945. The predicted molar refractivity (Wildman–Crippen MR) is 67.5 cm³/mol.